The van der Waals surface area contributed by atoms with Crippen molar-refractivity contribution in [3.8, 4) is 5.75 Å². The van der Waals surface area contributed by atoms with Crippen LogP contribution >= 0.6 is 27.5 Å². The van der Waals surface area contributed by atoms with Crippen molar-refractivity contribution in [3.63, 3.8) is 0 Å². The van der Waals surface area contributed by atoms with Crippen LogP contribution in [0.25, 0.3) is 0 Å². The van der Waals surface area contributed by atoms with Crippen molar-refractivity contribution in [3.05, 3.63) is 28.8 Å². The van der Waals surface area contributed by atoms with Gasteiger partial charge in [0, 0.05) is 15.8 Å². The van der Waals surface area contributed by atoms with Crippen molar-refractivity contribution >= 4 is 27.5 Å². The van der Waals surface area contributed by atoms with Crippen LogP contribution in [0.5, 0.6) is 5.75 Å². The zero-order chi connectivity index (χ0) is 12.3. The van der Waals surface area contributed by atoms with Gasteiger partial charge in [0.25, 0.3) is 0 Å². The molecule has 1 aliphatic carbocycles. The lowest BCUT2D eigenvalue weighted by molar-refractivity contribution is 0.174. The van der Waals surface area contributed by atoms with Crippen LogP contribution in [-0.4, -0.2) is 11.9 Å². The van der Waals surface area contributed by atoms with E-state index in [1.807, 2.05) is 25.1 Å². The molecular formula is C14H18BrClO. The smallest absolute Gasteiger partial charge is 0.119 e. The van der Waals surface area contributed by atoms with Gasteiger partial charge in [0.15, 0.2) is 0 Å². The van der Waals surface area contributed by atoms with E-state index in [4.69, 9.17) is 16.3 Å². The summed E-state index contributed by atoms with van der Waals surface area (Å²) in [5.41, 5.74) is 1.41. The van der Waals surface area contributed by atoms with E-state index < -0.39 is 0 Å². The van der Waals surface area contributed by atoms with Crippen LogP contribution in [0.3, 0.4) is 0 Å². The van der Waals surface area contributed by atoms with Crippen molar-refractivity contribution in [2.24, 2.45) is 5.41 Å². The van der Waals surface area contributed by atoms with Crippen molar-refractivity contribution in [1.82, 2.24) is 0 Å². The van der Waals surface area contributed by atoms with Gasteiger partial charge in [0.2, 0.25) is 0 Å². The maximum atomic E-state index is 6.00. The molecule has 1 aliphatic rings. The van der Waals surface area contributed by atoms with Crippen LogP contribution in [0.1, 0.15) is 31.2 Å². The molecule has 1 fully saturated rings. The van der Waals surface area contributed by atoms with Gasteiger partial charge in [-0.05, 0) is 43.5 Å². The Bertz CT molecular complexity index is 386. The second-order valence-corrected chi connectivity index (χ2v) is 6.01. The van der Waals surface area contributed by atoms with Crippen molar-refractivity contribution in [2.75, 3.05) is 11.9 Å². The lowest BCUT2D eigenvalue weighted by Gasteiger charge is -2.26. The molecule has 0 bridgehead atoms. The topological polar surface area (TPSA) is 9.23 Å². The zero-order valence-corrected chi connectivity index (χ0v) is 12.5. The van der Waals surface area contributed by atoms with Gasteiger partial charge in [0.05, 0.1) is 6.61 Å². The fourth-order valence-corrected chi connectivity index (χ4v) is 3.23. The van der Waals surface area contributed by atoms with E-state index in [2.05, 4.69) is 15.9 Å². The largest absolute Gasteiger partial charge is 0.493 e. The Balaban J connectivity index is 1.99. The van der Waals surface area contributed by atoms with E-state index in [0.29, 0.717) is 5.41 Å². The predicted octanol–water partition coefficient (Wildman–Crippen LogP) is 4.98. The van der Waals surface area contributed by atoms with Gasteiger partial charge < -0.3 is 4.74 Å². The molecule has 1 aromatic carbocycles. The lowest BCUT2D eigenvalue weighted by atomic mass is 9.90. The Morgan fingerprint density at radius 2 is 2.06 bits per heavy atom. The summed E-state index contributed by atoms with van der Waals surface area (Å²) in [5, 5.41) is 1.83. The standard InChI is InChI=1S/C14H18BrClO/c1-11-8-12(4-5-13(11)16)17-10-14(9-15)6-2-3-7-14/h4-5,8H,2-3,6-7,9-10H2,1H3. The number of hydrogen-bond donors (Lipinski definition) is 0. The highest BCUT2D eigenvalue weighted by Gasteiger charge is 2.33. The fourth-order valence-electron chi connectivity index (χ4n) is 2.38. The Hall–Kier alpha value is -0.210. The van der Waals surface area contributed by atoms with Gasteiger partial charge in [-0.1, -0.05) is 40.4 Å². The van der Waals surface area contributed by atoms with Crippen molar-refractivity contribution in [1.29, 1.82) is 0 Å². The molecule has 0 radical (unpaired) electrons. The molecule has 2 rings (SSSR count). The first-order valence-electron chi connectivity index (χ1n) is 6.10. The Kier molecular flexibility index (Phi) is 4.37. The summed E-state index contributed by atoms with van der Waals surface area (Å²) in [6.45, 7) is 2.81. The average molecular weight is 318 g/mol. The fraction of sp³-hybridized carbons (Fsp3) is 0.571. The van der Waals surface area contributed by atoms with Crippen LogP contribution in [0, 0.1) is 12.3 Å². The second-order valence-electron chi connectivity index (χ2n) is 5.04. The number of ether oxygens (including phenoxy) is 1. The molecule has 1 saturated carbocycles. The molecule has 3 heteroatoms. The van der Waals surface area contributed by atoms with Crippen LogP contribution in [0.2, 0.25) is 5.02 Å². The van der Waals surface area contributed by atoms with Crippen LogP contribution < -0.4 is 4.74 Å². The van der Waals surface area contributed by atoms with E-state index in [-0.39, 0.29) is 0 Å². The first-order chi connectivity index (χ1) is 8.15. The third-order valence-corrected chi connectivity index (χ3v) is 5.24. The van der Waals surface area contributed by atoms with Crippen molar-refractivity contribution < 1.29 is 4.74 Å². The second kappa shape index (κ2) is 5.62. The number of halogens is 2. The molecule has 0 saturated heterocycles. The normalized spacial score (nSPS) is 18.3. The Morgan fingerprint density at radius 1 is 1.35 bits per heavy atom. The molecular weight excluding hydrogens is 300 g/mol. The Morgan fingerprint density at radius 3 is 2.65 bits per heavy atom. The van der Waals surface area contributed by atoms with Crippen LogP contribution in [0.4, 0.5) is 0 Å². The minimum Gasteiger partial charge on any atom is -0.493 e. The number of aryl methyl sites for hydroxylation is 1. The maximum Gasteiger partial charge on any atom is 0.119 e. The molecule has 0 spiro atoms. The highest BCUT2D eigenvalue weighted by atomic mass is 79.9. The van der Waals surface area contributed by atoms with Gasteiger partial charge in [-0.15, -0.1) is 0 Å². The lowest BCUT2D eigenvalue weighted by Crippen LogP contribution is -2.26. The first kappa shape index (κ1) is 13.2. The number of benzene rings is 1. The van der Waals surface area contributed by atoms with E-state index in [1.54, 1.807) is 0 Å². The van der Waals surface area contributed by atoms with E-state index in [9.17, 15) is 0 Å². The maximum absolute atomic E-state index is 6.00. The van der Waals surface area contributed by atoms with Crippen molar-refractivity contribution in [2.45, 2.75) is 32.6 Å². The molecule has 0 aromatic heterocycles. The molecule has 0 amide bonds. The highest BCUT2D eigenvalue weighted by molar-refractivity contribution is 9.09. The monoisotopic (exact) mass is 316 g/mol. The summed E-state index contributed by atoms with van der Waals surface area (Å²) in [7, 11) is 0. The summed E-state index contributed by atoms with van der Waals surface area (Å²) < 4.78 is 5.93. The summed E-state index contributed by atoms with van der Waals surface area (Å²) in [6.07, 6.45) is 5.19. The summed E-state index contributed by atoms with van der Waals surface area (Å²) in [4.78, 5) is 0. The third-order valence-electron chi connectivity index (χ3n) is 3.62. The summed E-state index contributed by atoms with van der Waals surface area (Å²) >= 11 is 9.63. The van der Waals surface area contributed by atoms with Crippen LogP contribution in [0.15, 0.2) is 18.2 Å². The molecule has 94 valence electrons. The quantitative estimate of drug-likeness (QED) is 0.711. The molecule has 0 heterocycles. The predicted molar refractivity (Wildman–Crippen MR) is 76.4 cm³/mol. The summed E-state index contributed by atoms with van der Waals surface area (Å²) in [6, 6.07) is 5.87. The average Bonchev–Trinajstić information content (AvgIpc) is 2.80. The minimum absolute atomic E-state index is 0.341. The Labute approximate surface area is 117 Å². The molecule has 0 unspecified atom stereocenters. The van der Waals surface area contributed by atoms with Gasteiger partial charge in [-0.2, -0.15) is 0 Å². The number of rotatable bonds is 4. The van der Waals surface area contributed by atoms with E-state index in [1.165, 1.54) is 25.7 Å². The SMILES string of the molecule is Cc1cc(OCC2(CBr)CCCC2)ccc1Cl. The van der Waals surface area contributed by atoms with E-state index in [0.717, 1.165) is 28.3 Å². The molecule has 0 N–H and O–H groups in total. The molecule has 17 heavy (non-hydrogen) atoms. The molecule has 1 aromatic rings. The van der Waals surface area contributed by atoms with Gasteiger partial charge in [0.1, 0.15) is 5.75 Å². The number of hydrogen-bond acceptors (Lipinski definition) is 1. The third kappa shape index (κ3) is 3.17. The minimum atomic E-state index is 0.341. The first-order valence-corrected chi connectivity index (χ1v) is 7.60. The van der Waals surface area contributed by atoms with Gasteiger partial charge in [-0.3, -0.25) is 0 Å². The zero-order valence-electron chi connectivity index (χ0n) is 10.1. The number of alkyl halides is 1. The molecule has 0 aliphatic heterocycles. The molecule has 0 atom stereocenters. The van der Waals surface area contributed by atoms with Gasteiger partial charge in [-0.25, -0.2) is 0 Å². The van der Waals surface area contributed by atoms with E-state index >= 15 is 0 Å². The van der Waals surface area contributed by atoms with Gasteiger partial charge >= 0.3 is 0 Å². The highest BCUT2D eigenvalue weighted by Crippen LogP contribution is 2.40. The molecule has 1 nitrogen and oxygen atoms in total. The summed E-state index contributed by atoms with van der Waals surface area (Å²) in [5.74, 6) is 0.930. The van der Waals surface area contributed by atoms with Crippen LogP contribution in [-0.2, 0) is 0 Å².